The summed E-state index contributed by atoms with van der Waals surface area (Å²) in [6.07, 6.45) is 2.83. The van der Waals surface area contributed by atoms with Gasteiger partial charge in [0.05, 0.1) is 17.6 Å². The molecule has 32 heavy (non-hydrogen) atoms. The molecular formula is C23H19N3O6. The van der Waals surface area contributed by atoms with Gasteiger partial charge in [-0.05, 0) is 43.5 Å². The highest BCUT2D eigenvalue weighted by Gasteiger charge is 2.37. The molecule has 0 spiro atoms. The van der Waals surface area contributed by atoms with Gasteiger partial charge < -0.3 is 9.15 Å². The SMILES string of the molecule is CC1=C(C#N)C(=O)N(CC2CCCO2)C(=O)/C1=C/c1ccc(-c2cccc([N+](=O)[O-])c2)o1. The smallest absolute Gasteiger partial charge is 0.271 e. The number of benzene rings is 1. The molecule has 162 valence electrons. The van der Waals surface area contributed by atoms with Crippen LogP contribution >= 0.6 is 0 Å². The van der Waals surface area contributed by atoms with Gasteiger partial charge in [0.15, 0.2) is 0 Å². The first kappa shape index (κ1) is 21.2. The van der Waals surface area contributed by atoms with E-state index in [9.17, 15) is 25.0 Å². The highest BCUT2D eigenvalue weighted by molar-refractivity contribution is 6.19. The van der Waals surface area contributed by atoms with Crippen LogP contribution in [-0.4, -0.2) is 40.9 Å². The van der Waals surface area contributed by atoms with Gasteiger partial charge >= 0.3 is 0 Å². The van der Waals surface area contributed by atoms with Gasteiger partial charge in [-0.1, -0.05) is 12.1 Å². The molecule has 0 saturated carbocycles. The predicted octanol–water partition coefficient (Wildman–Crippen LogP) is 3.63. The Hall–Kier alpha value is -4.03. The minimum atomic E-state index is -0.626. The van der Waals surface area contributed by atoms with Gasteiger partial charge in [-0.2, -0.15) is 5.26 Å². The number of ether oxygens (including phenoxy) is 1. The lowest BCUT2D eigenvalue weighted by molar-refractivity contribution is -0.384. The van der Waals surface area contributed by atoms with Crippen molar-refractivity contribution in [1.82, 2.24) is 4.90 Å². The number of hydrogen-bond acceptors (Lipinski definition) is 7. The third-order valence-electron chi connectivity index (χ3n) is 5.49. The summed E-state index contributed by atoms with van der Waals surface area (Å²) in [6.45, 7) is 2.22. The summed E-state index contributed by atoms with van der Waals surface area (Å²) in [5.74, 6) is -0.439. The zero-order valence-corrected chi connectivity index (χ0v) is 17.2. The second-order valence-corrected chi connectivity index (χ2v) is 7.54. The predicted molar refractivity (Wildman–Crippen MR) is 113 cm³/mol. The van der Waals surface area contributed by atoms with Crippen molar-refractivity contribution in [2.45, 2.75) is 25.9 Å². The summed E-state index contributed by atoms with van der Waals surface area (Å²) in [7, 11) is 0. The molecule has 1 fully saturated rings. The number of nitrogens with zero attached hydrogens (tertiary/aromatic N) is 3. The molecule has 2 aliphatic rings. The summed E-state index contributed by atoms with van der Waals surface area (Å²) >= 11 is 0. The average molecular weight is 433 g/mol. The lowest BCUT2D eigenvalue weighted by Gasteiger charge is -2.29. The Morgan fingerprint density at radius 1 is 1.28 bits per heavy atom. The number of furan rings is 1. The van der Waals surface area contributed by atoms with Crippen molar-refractivity contribution in [3.05, 3.63) is 69.0 Å². The molecule has 0 aliphatic carbocycles. The first-order chi connectivity index (χ1) is 15.4. The van der Waals surface area contributed by atoms with Crippen molar-refractivity contribution in [2.75, 3.05) is 13.2 Å². The third-order valence-corrected chi connectivity index (χ3v) is 5.49. The molecule has 1 aromatic carbocycles. The Kier molecular flexibility index (Phi) is 5.71. The van der Waals surface area contributed by atoms with Gasteiger partial charge in [0, 0.05) is 29.9 Å². The summed E-state index contributed by atoms with van der Waals surface area (Å²) in [6, 6.07) is 11.2. The first-order valence-electron chi connectivity index (χ1n) is 10.0. The normalized spacial score (nSPS) is 20.2. The van der Waals surface area contributed by atoms with Crippen LogP contribution in [0.4, 0.5) is 5.69 Å². The number of carbonyl (C=O) groups excluding carboxylic acids is 2. The molecule has 1 saturated heterocycles. The molecule has 3 heterocycles. The molecule has 9 nitrogen and oxygen atoms in total. The van der Waals surface area contributed by atoms with Crippen LogP contribution in [0.25, 0.3) is 17.4 Å². The van der Waals surface area contributed by atoms with Gasteiger partial charge in [-0.15, -0.1) is 0 Å². The van der Waals surface area contributed by atoms with Gasteiger partial charge in [0.1, 0.15) is 23.2 Å². The number of non-ortho nitro benzene ring substituents is 1. The molecule has 9 heteroatoms. The van der Waals surface area contributed by atoms with Crippen LogP contribution in [0.15, 0.2) is 57.5 Å². The Bertz CT molecular complexity index is 1210. The number of carbonyl (C=O) groups is 2. The lowest BCUT2D eigenvalue weighted by atomic mass is 9.94. The molecule has 4 rings (SSSR count). The summed E-state index contributed by atoms with van der Waals surface area (Å²) in [5, 5.41) is 20.5. The van der Waals surface area contributed by atoms with Gasteiger partial charge in [-0.25, -0.2) is 0 Å². The summed E-state index contributed by atoms with van der Waals surface area (Å²) < 4.78 is 11.3. The molecule has 2 amide bonds. The number of nitro groups is 1. The monoisotopic (exact) mass is 433 g/mol. The Morgan fingerprint density at radius 2 is 2.09 bits per heavy atom. The van der Waals surface area contributed by atoms with Crippen LogP contribution in [0.1, 0.15) is 25.5 Å². The van der Waals surface area contributed by atoms with Crippen LogP contribution in [0.3, 0.4) is 0 Å². The van der Waals surface area contributed by atoms with Crippen molar-refractivity contribution in [3.8, 4) is 17.4 Å². The van der Waals surface area contributed by atoms with E-state index in [-0.39, 0.29) is 35.1 Å². The van der Waals surface area contributed by atoms with Crippen molar-refractivity contribution >= 4 is 23.6 Å². The topological polar surface area (TPSA) is 127 Å². The number of nitriles is 1. The van der Waals surface area contributed by atoms with E-state index >= 15 is 0 Å². The van der Waals surface area contributed by atoms with Crippen LogP contribution in [-0.2, 0) is 14.3 Å². The second kappa shape index (κ2) is 8.61. The average Bonchev–Trinajstić information content (AvgIpc) is 3.47. The van der Waals surface area contributed by atoms with E-state index in [0.717, 1.165) is 17.7 Å². The van der Waals surface area contributed by atoms with E-state index in [0.29, 0.717) is 23.7 Å². The first-order valence-corrected chi connectivity index (χ1v) is 10.0. The van der Waals surface area contributed by atoms with Gasteiger partial charge in [-0.3, -0.25) is 24.6 Å². The van der Waals surface area contributed by atoms with Crippen LogP contribution in [0.2, 0.25) is 0 Å². The van der Waals surface area contributed by atoms with E-state index in [2.05, 4.69) is 0 Å². The van der Waals surface area contributed by atoms with Crippen LogP contribution in [0.5, 0.6) is 0 Å². The zero-order valence-electron chi connectivity index (χ0n) is 17.2. The maximum absolute atomic E-state index is 13.1. The Morgan fingerprint density at radius 3 is 2.78 bits per heavy atom. The minimum Gasteiger partial charge on any atom is -0.457 e. The molecule has 1 unspecified atom stereocenters. The molecule has 2 aliphatic heterocycles. The fourth-order valence-electron chi connectivity index (χ4n) is 3.79. The Balaban J connectivity index is 1.68. The molecule has 2 aromatic rings. The van der Waals surface area contributed by atoms with Crippen molar-refractivity contribution in [3.63, 3.8) is 0 Å². The van der Waals surface area contributed by atoms with Gasteiger partial charge in [0.25, 0.3) is 17.5 Å². The number of nitro benzene ring substituents is 1. The molecule has 1 atom stereocenters. The van der Waals surface area contributed by atoms with Crippen molar-refractivity contribution < 1.29 is 23.7 Å². The number of amides is 2. The fourth-order valence-corrected chi connectivity index (χ4v) is 3.79. The molecule has 0 radical (unpaired) electrons. The van der Waals surface area contributed by atoms with E-state index in [1.165, 1.54) is 18.2 Å². The van der Waals surface area contributed by atoms with Gasteiger partial charge in [0.2, 0.25) is 0 Å². The van der Waals surface area contributed by atoms with E-state index < -0.39 is 16.7 Å². The zero-order chi connectivity index (χ0) is 22.8. The number of hydrogen-bond donors (Lipinski definition) is 0. The largest absolute Gasteiger partial charge is 0.457 e. The molecule has 0 bridgehead atoms. The number of imide groups is 1. The Labute approximate surface area is 183 Å². The summed E-state index contributed by atoms with van der Waals surface area (Å²) in [4.78, 5) is 37.4. The standard InChI is InChI=1S/C23H19N3O6/c1-14-19(22(27)25(23(28)20(14)12-24)13-18-6-3-9-31-18)11-17-7-8-21(32-17)15-4-2-5-16(10-15)26(29)30/h2,4-5,7-8,10-11,18H,3,6,9,13H2,1H3/b19-11+. The maximum Gasteiger partial charge on any atom is 0.271 e. The highest BCUT2D eigenvalue weighted by Crippen LogP contribution is 2.31. The van der Waals surface area contributed by atoms with Crippen LogP contribution in [0, 0.1) is 21.4 Å². The maximum atomic E-state index is 13.1. The van der Waals surface area contributed by atoms with Crippen molar-refractivity contribution in [2.24, 2.45) is 0 Å². The van der Waals surface area contributed by atoms with E-state index in [1.807, 2.05) is 6.07 Å². The molecular weight excluding hydrogens is 414 g/mol. The van der Waals surface area contributed by atoms with E-state index in [1.54, 1.807) is 31.2 Å². The highest BCUT2D eigenvalue weighted by atomic mass is 16.6. The molecule has 0 N–H and O–H groups in total. The van der Waals surface area contributed by atoms with E-state index in [4.69, 9.17) is 9.15 Å². The third kappa shape index (κ3) is 3.96. The summed E-state index contributed by atoms with van der Waals surface area (Å²) in [5.41, 5.74) is 0.804. The van der Waals surface area contributed by atoms with Crippen LogP contribution < -0.4 is 0 Å². The number of rotatable bonds is 5. The second-order valence-electron chi connectivity index (χ2n) is 7.54. The van der Waals surface area contributed by atoms with Crippen molar-refractivity contribution in [1.29, 1.82) is 5.26 Å². The molecule has 1 aromatic heterocycles. The lowest BCUT2D eigenvalue weighted by Crippen LogP contribution is -2.46. The fraction of sp³-hybridized carbons (Fsp3) is 0.261. The minimum absolute atomic E-state index is 0.0676. The quantitative estimate of drug-likeness (QED) is 0.305.